The molecule has 10 nitrogen and oxygen atoms in total. The second kappa shape index (κ2) is 7.64. The number of rotatable bonds is 5. The van der Waals surface area contributed by atoms with Crippen LogP contribution in [0.1, 0.15) is 17.4 Å². The third kappa shape index (κ3) is 3.73. The van der Waals surface area contributed by atoms with Gasteiger partial charge in [0, 0.05) is 7.05 Å². The molecule has 0 saturated heterocycles. The Morgan fingerprint density at radius 1 is 1.36 bits per heavy atom. The highest BCUT2D eigenvalue weighted by molar-refractivity contribution is 9.10. The van der Waals surface area contributed by atoms with Crippen molar-refractivity contribution in [3.8, 4) is 5.82 Å². The quantitative estimate of drug-likeness (QED) is 0.559. The summed E-state index contributed by atoms with van der Waals surface area (Å²) in [5.41, 5.74) is 6.35. The molecule has 0 atom stereocenters. The lowest BCUT2D eigenvalue weighted by Crippen LogP contribution is -2.30. The molecule has 0 bridgehead atoms. The minimum atomic E-state index is -3.70. The van der Waals surface area contributed by atoms with E-state index >= 15 is 0 Å². The summed E-state index contributed by atoms with van der Waals surface area (Å²) < 4.78 is 26.8. The molecule has 0 unspecified atom stereocenters. The molecule has 0 fully saturated rings. The van der Waals surface area contributed by atoms with Gasteiger partial charge in [0.2, 0.25) is 0 Å². The summed E-state index contributed by atoms with van der Waals surface area (Å²) in [6.45, 7) is 1.50. The van der Waals surface area contributed by atoms with Crippen LogP contribution in [0.3, 0.4) is 0 Å². The van der Waals surface area contributed by atoms with Gasteiger partial charge in [0.1, 0.15) is 23.0 Å². The number of carbonyl (C=O) groups is 1. The summed E-state index contributed by atoms with van der Waals surface area (Å²) in [5.74, 6) is -0.570. The Balaban J connectivity index is 2.14. The monoisotopic (exact) mass is 465 g/mol. The first-order valence-corrected chi connectivity index (χ1v) is 10.5. The van der Waals surface area contributed by atoms with Gasteiger partial charge in [0.15, 0.2) is 15.7 Å². The Kier molecular flexibility index (Phi) is 5.42. The summed E-state index contributed by atoms with van der Waals surface area (Å²) in [7, 11) is -2.23. The van der Waals surface area contributed by atoms with E-state index in [-0.39, 0.29) is 22.2 Å². The molecule has 12 heteroatoms. The van der Waals surface area contributed by atoms with Crippen LogP contribution in [0, 0.1) is 0 Å². The predicted octanol–water partition coefficient (Wildman–Crippen LogP) is 1.47. The van der Waals surface area contributed by atoms with Crippen LogP contribution >= 0.6 is 15.9 Å². The van der Waals surface area contributed by atoms with Crippen molar-refractivity contribution in [2.75, 3.05) is 23.4 Å². The number of anilines is 2. The van der Waals surface area contributed by atoms with Crippen LogP contribution in [0.25, 0.3) is 5.82 Å². The number of sulfone groups is 1. The fraction of sp³-hybridized carbons (Fsp3) is 0.188. The van der Waals surface area contributed by atoms with Crippen LogP contribution in [0.15, 0.2) is 46.5 Å². The highest BCUT2D eigenvalue weighted by Crippen LogP contribution is 2.27. The lowest BCUT2D eigenvalue weighted by atomic mass is 10.2. The van der Waals surface area contributed by atoms with Gasteiger partial charge in [-0.2, -0.15) is 5.10 Å². The van der Waals surface area contributed by atoms with Crippen molar-refractivity contribution in [3.05, 3.63) is 47.3 Å². The van der Waals surface area contributed by atoms with Gasteiger partial charge in [-0.25, -0.2) is 28.1 Å². The summed E-state index contributed by atoms with van der Waals surface area (Å²) in [6.07, 6.45) is 4.11. The summed E-state index contributed by atoms with van der Waals surface area (Å²) in [6, 6.07) is 4.35. The fourth-order valence-electron chi connectivity index (χ4n) is 2.44. The van der Waals surface area contributed by atoms with Crippen LogP contribution in [0.2, 0.25) is 0 Å². The van der Waals surface area contributed by atoms with Gasteiger partial charge in [-0.05, 0) is 34.1 Å². The first-order valence-electron chi connectivity index (χ1n) is 8.02. The number of hydrogen-bond acceptors (Lipinski definition) is 8. The zero-order valence-corrected chi connectivity index (χ0v) is 17.3. The lowest BCUT2D eigenvalue weighted by molar-refractivity contribution is 0.0984. The molecule has 3 aromatic heterocycles. The summed E-state index contributed by atoms with van der Waals surface area (Å²) in [4.78, 5) is 26.3. The number of aromatic nitrogens is 5. The second-order valence-corrected chi connectivity index (χ2v) is 8.75. The highest BCUT2D eigenvalue weighted by atomic mass is 79.9. The van der Waals surface area contributed by atoms with Crippen molar-refractivity contribution in [1.29, 1.82) is 0 Å². The maximum absolute atomic E-state index is 13.1. The Labute approximate surface area is 169 Å². The van der Waals surface area contributed by atoms with E-state index in [1.807, 2.05) is 0 Å². The van der Waals surface area contributed by atoms with E-state index in [0.717, 1.165) is 0 Å². The van der Waals surface area contributed by atoms with Crippen molar-refractivity contribution in [3.63, 3.8) is 0 Å². The van der Waals surface area contributed by atoms with E-state index in [0.29, 0.717) is 16.0 Å². The summed E-state index contributed by atoms with van der Waals surface area (Å²) >= 11 is 3.20. The lowest BCUT2D eigenvalue weighted by Gasteiger charge is -2.20. The number of hydrogen-bond donors (Lipinski definition) is 1. The van der Waals surface area contributed by atoms with Gasteiger partial charge in [-0.15, -0.1) is 0 Å². The minimum Gasteiger partial charge on any atom is -0.397 e. The van der Waals surface area contributed by atoms with Gasteiger partial charge < -0.3 is 10.6 Å². The molecule has 0 aliphatic carbocycles. The van der Waals surface area contributed by atoms with E-state index in [4.69, 9.17) is 5.73 Å². The molecular formula is C16H16BrN7O3S. The molecule has 0 aliphatic rings. The maximum Gasteiger partial charge on any atom is 0.278 e. The molecule has 3 rings (SSSR count). The van der Waals surface area contributed by atoms with Crippen molar-refractivity contribution in [1.82, 2.24) is 24.7 Å². The topological polar surface area (TPSA) is 137 Å². The second-order valence-electron chi connectivity index (χ2n) is 5.69. The molecule has 0 radical (unpaired) electrons. The molecule has 146 valence electrons. The normalized spacial score (nSPS) is 11.4. The average Bonchev–Trinajstić information content (AvgIpc) is 3.21. The van der Waals surface area contributed by atoms with Gasteiger partial charge in [0.25, 0.3) is 5.91 Å². The molecule has 0 spiro atoms. The Bertz CT molecular complexity index is 1130. The number of pyridine rings is 2. The Morgan fingerprint density at radius 2 is 2.11 bits per heavy atom. The standard InChI is InChI=1S/C16H16BrN7O3S/c1-3-28(26,27)12-4-5-14(24-9-19-8-21-24)22-15(12)16(25)23(2)11-7-20-13(17)6-10(11)18/h4-9H,3H2,1-2H3,(H2,18,20). The van der Waals surface area contributed by atoms with Crippen LogP contribution < -0.4 is 10.6 Å². The van der Waals surface area contributed by atoms with Crippen molar-refractivity contribution in [2.45, 2.75) is 11.8 Å². The van der Waals surface area contributed by atoms with Crippen LogP contribution in [-0.4, -0.2) is 51.9 Å². The smallest absolute Gasteiger partial charge is 0.278 e. The average molecular weight is 466 g/mol. The number of nitrogens with two attached hydrogens (primary N) is 1. The van der Waals surface area contributed by atoms with E-state index in [1.54, 1.807) is 6.07 Å². The largest absolute Gasteiger partial charge is 0.397 e. The number of nitrogens with zero attached hydrogens (tertiary/aromatic N) is 6. The fourth-order valence-corrected chi connectivity index (χ4v) is 3.80. The van der Waals surface area contributed by atoms with Crippen molar-refractivity contribution in [2.24, 2.45) is 0 Å². The van der Waals surface area contributed by atoms with E-state index < -0.39 is 15.7 Å². The summed E-state index contributed by atoms with van der Waals surface area (Å²) in [5, 5.41) is 3.96. The Morgan fingerprint density at radius 3 is 2.71 bits per heavy atom. The van der Waals surface area contributed by atoms with Crippen molar-refractivity contribution < 1.29 is 13.2 Å². The van der Waals surface area contributed by atoms with E-state index in [9.17, 15) is 13.2 Å². The number of nitrogen functional groups attached to an aromatic ring is 1. The number of halogens is 1. The first kappa shape index (κ1) is 19.9. The Hall–Kier alpha value is -2.86. The first-order chi connectivity index (χ1) is 13.2. The van der Waals surface area contributed by atoms with Crippen molar-refractivity contribution >= 4 is 43.0 Å². The molecule has 0 aliphatic heterocycles. The highest BCUT2D eigenvalue weighted by Gasteiger charge is 2.27. The molecule has 1 amide bonds. The third-order valence-electron chi connectivity index (χ3n) is 3.96. The van der Waals surface area contributed by atoms with Gasteiger partial charge in [-0.1, -0.05) is 6.92 Å². The molecular weight excluding hydrogens is 450 g/mol. The number of amides is 1. The third-order valence-corrected chi connectivity index (χ3v) is 6.15. The predicted molar refractivity (Wildman–Crippen MR) is 106 cm³/mol. The molecule has 2 N–H and O–H groups in total. The van der Waals surface area contributed by atoms with Crippen LogP contribution in [0.4, 0.5) is 11.4 Å². The minimum absolute atomic E-state index is 0.167. The molecule has 0 saturated carbocycles. The molecule has 3 aromatic rings. The zero-order valence-electron chi connectivity index (χ0n) is 14.9. The van der Waals surface area contributed by atoms with Crippen LogP contribution in [-0.2, 0) is 9.84 Å². The van der Waals surface area contributed by atoms with E-state index in [1.165, 1.54) is 54.5 Å². The zero-order chi connectivity index (χ0) is 20.5. The number of carbonyl (C=O) groups excluding carboxylic acids is 1. The molecule has 0 aromatic carbocycles. The maximum atomic E-state index is 13.1. The van der Waals surface area contributed by atoms with Gasteiger partial charge in [0.05, 0.1) is 28.2 Å². The molecule has 3 heterocycles. The van der Waals surface area contributed by atoms with E-state index in [2.05, 4.69) is 36.0 Å². The van der Waals surface area contributed by atoms with Crippen LogP contribution in [0.5, 0.6) is 0 Å². The SMILES string of the molecule is CCS(=O)(=O)c1ccc(-n2cncn2)nc1C(=O)N(C)c1cnc(Br)cc1N. The molecule has 28 heavy (non-hydrogen) atoms. The van der Waals surface area contributed by atoms with Gasteiger partial charge in [-0.3, -0.25) is 4.79 Å². The van der Waals surface area contributed by atoms with Gasteiger partial charge >= 0.3 is 0 Å².